The Balaban J connectivity index is 2.61. The molecule has 0 aromatic carbocycles. The first-order chi connectivity index (χ1) is 17.3. The molecule has 13 nitrogen and oxygen atoms in total. The molecule has 1 heterocycles. The summed E-state index contributed by atoms with van der Waals surface area (Å²) in [5.41, 5.74) is 0. The standard InChI is InChI=1S/C23H40N4O9/c1-2-12-34-14-16-36-17-15-35-13-11-24-3-5-25(18-21(28)29)7-9-27(20-23(32)33)10-8-26(6-4-24)19-22(30)31/h1H,3-20H2,(H,28,29)(H,30,31)(H,32,33). The van der Waals surface area contributed by atoms with Gasteiger partial charge in [-0.25, -0.2) is 0 Å². The number of rotatable bonds is 16. The van der Waals surface area contributed by atoms with E-state index in [1.54, 1.807) is 14.7 Å². The van der Waals surface area contributed by atoms with Gasteiger partial charge in [0, 0.05) is 58.9 Å². The number of ether oxygens (including phenoxy) is 3. The molecule has 0 unspecified atom stereocenters. The van der Waals surface area contributed by atoms with Gasteiger partial charge in [-0.2, -0.15) is 0 Å². The predicted octanol–water partition coefficient (Wildman–Crippen LogP) is -1.86. The Labute approximate surface area is 212 Å². The van der Waals surface area contributed by atoms with Gasteiger partial charge in [-0.05, 0) is 0 Å². The Morgan fingerprint density at radius 3 is 1.28 bits per heavy atom. The quantitative estimate of drug-likeness (QED) is 0.155. The van der Waals surface area contributed by atoms with Crippen LogP contribution in [-0.4, -0.2) is 171 Å². The van der Waals surface area contributed by atoms with Crippen LogP contribution in [0.2, 0.25) is 0 Å². The Hall–Kier alpha value is -2.31. The van der Waals surface area contributed by atoms with Crippen molar-refractivity contribution in [3.05, 3.63) is 0 Å². The average Bonchev–Trinajstić information content (AvgIpc) is 2.80. The minimum absolute atomic E-state index is 0.140. The lowest BCUT2D eigenvalue weighted by atomic mass is 10.3. The predicted molar refractivity (Wildman–Crippen MR) is 130 cm³/mol. The molecular weight excluding hydrogens is 476 g/mol. The van der Waals surface area contributed by atoms with Gasteiger partial charge in [-0.1, -0.05) is 5.92 Å². The monoisotopic (exact) mass is 516 g/mol. The van der Waals surface area contributed by atoms with Gasteiger partial charge >= 0.3 is 17.9 Å². The van der Waals surface area contributed by atoms with E-state index in [0.29, 0.717) is 91.9 Å². The van der Waals surface area contributed by atoms with Crippen LogP contribution in [0.4, 0.5) is 0 Å². The minimum Gasteiger partial charge on any atom is -0.480 e. The number of hydrogen-bond acceptors (Lipinski definition) is 10. The van der Waals surface area contributed by atoms with E-state index in [2.05, 4.69) is 10.8 Å². The summed E-state index contributed by atoms with van der Waals surface area (Å²) in [6.07, 6.45) is 5.10. The van der Waals surface area contributed by atoms with E-state index in [-0.39, 0.29) is 26.2 Å². The van der Waals surface area contributed by atoms with Crippen molar-refractivity contribution in [3.8, 4) is 12.3 Å². The van der Waals surface area contributed by atoms with E-state index in [1.165, 1.54) is 0 Å². The third kappa shape index (κ3) is 17.2. The highest BCUT2D eigenvalue weighted by Crippen LogP contribution is 2.01. The molecule has 0 bridgehead atoms. The van der Waals surface area contributed by atoms with Crippen LogP contribution in [-0.2, 0) is 28.6 Å². The lowest BCUT2D eigenvalue weighted by molar-refractivity contribution is -0.140. The number of carboxylic acids is 3. The van der Waals surface area contributed by atoms with Gasteiger partial charge in [-0.3, -0.25) is 34.0 Å². The zero-order chi connectivity index (χ0) is 26.6. The van der Waals surface area contributed by atoms with Gasteiger partial charge in [0.05, 0.1) is 52.7 Å². The van der Waals surface area contributed by atoms with E-state index in [9.17, 15) is 29.7 Å². The van der Waals surface area contributed by atoms with Crippen LogP contribution < -0.4 is 0 Å². The average molecular weight is 517 g/mol. The largest absolute Gasteiger partial charge is 0.480 e. The Morgan fingerprint density at radius 1 is 0.583 bits per heavy atom. The summed E-state index contributed by atoms with van der Waals surface area (Å²) in [6, 6.07) is 0. The van der Waals surface area contributed by atoms with Crippen LogP contribution >= 0.6 is 0 Å². The fraction of sp³-hybridized carbons (Fsp3) is 0.783. The lowest BCUT2D eigenvalue weighted by Crippen LogP contribution is -2.48. The first-order valence-electron chi connectivity index (χ1n) is 12.0. The van der Waals surface area contributed by atoms with Crippen molar-refractivity contribution in [3.63, 3.8) is 0 Å². The second kappa shape index (κ2) is 19.8. The summed E-state index contributed by atoms with van der Waals surface area (Å²) in [7, 11) is 0. The molecule has 3 N–H and O–H groups in total. The van der Waals surface area contributed by atoms with Crippen LogP contribution in [0.3, 0.4) is 0 Å². The van der Waals surface area contributed by atoms with Gasteiger partial charge in [0.25, 0.3) is 0 Å². The summed E-state index contributed by atoms with van der Waals surface area (Å²) < 4.78 is 16.2. The second-order valence-electron chi connectivity index (χ2n) is 8.33. The Morgan fingerprint density at radius 2 is 0.917 bits per heavy atom. The first kappa shape index (κ1) is 31.7. The maximum Gasteiger partial charge on any atom is 0.317 e. The fourth-order valence-corrected chi connectivity index (χ4v) is 3.61. The third-order valence-corrected chi connectivity index (χ3v) is 5.49. The van der Waals surface area contributed by atoms with Gasteiger partial charge < -0.3 is 29.5 Å². The smallest absolute Gasteiger partial charge is 0.317 e. The Kier molecular flexibility index (Phi) is 17.5. The van der Waals surface area contributed by atoms with Crippen molar-refractivity contribution in [1.82, 2.24) is 19.6 Å². The molecule has 1 fully saturated rings. The summed E-state index contributed by atoms with van der Waals surface area (Å²) in [4.78, 5) is 41.3. The first-order valence-corrected chi connectivity index (χ1v) is 12.0. The molecule has 0 aromatic heterocycles. The maximum absolute atomic E-state index is 11.3. The number of terminal acetylenes is 1. The number of hydrogen-bond donors (Lipinski definition) is 3. The summed E-state index contributed by atoms with van der Waals surface area (Å²) in [6.45, 7) is 6.15. The molecule has 0 aromatic rings. The van der Waals surface area contributed by atoms with Crippen molar-refractivity contribution in [2.24, 2.45) is 0 Å². The Bertz CT molecular complexity index is 657. The third-order valence-electron chi connectivity index (χ3n) is 5.49. The molecule has 13 heteroatoms. The number of nitrogens with zero attached hydrogens (tertiary/aromatic N) is 4. The molecular formula is C23H40N4O9. The topological polar surface area (TPSA) is 153 Å². The lowest BCUT2D eigenvalue weighted by Gasteiger charge is -2.33. The summed E-state index contributed by atoms with van der Waals surface area (Å²) in [5, 5.41) is 27.8. The zero-order valence-electron chi connectivity index (χ0n) is 20.9. The summed E-state index contributed by atoms with van der Waals surface area (Å²) >= 11 is 0. The summed E-state index contributed by atoms with van der Waals surface area (Å²) in [5.74, 6) is -0.494. The number of carboxylic acid groups (broad SMARTS) is 3. The normalized spacial score (nSPS) is 17.6. The number of carbonyl (C=O) groups is 3. The minimum atomic E-state index is -0.981. The molecule has 1 aliphatic heterocycles. The molecule has 0 spiro atoms. The highest BCUT2D eigenvalue weighted by molar-refractivity contribution is 5.69. The highest BCUT2D eigenvalue weighted by atomic mass is 16.5. The van der Waals surface area contributed by atoms with E-state index >= 15 is 0 Å². The van der Waals surface area contributed by atoms with Gasteiger partial charge in [0.1, 0.15) is 6.61 Å². The van der Waals surface area contributed by atoms with Crippen LogP contribution in [0.25, 0.3) is 0 Å². The van der Waals surface area contributed by atoms with Crippen molar-refractivity contribution in [1.29, 1.82) is 0 Å². The highest BCUT2D eigenvalue weighted by Gasteiger charge is 2.20. The SMILES string of the molecule is C#CCOCCOCCOCCN1CCN(CC(=O)O)CCN(CC(=O)O)CCN(CC(=O)O)CC1. The maximum atomic E-state index is 11.3. The van der Waals surface area contributed by atoms with Crippen molar-refractivity contribution >= 4 is 17.9 Å². The second-order valence-corrected chi connectivity index (χ2v) is 8.33. The van der Waals surface area contributed by atoms with Gasteiger partial charge in [0.2, 0.25) is 0 Å². The molecule has 0 saturated carbocycles. The number of aliphatic carboxylic acids is 3. The molecule has 36 heavy (non-hydrogen) atoms. The molecule has 1 rings (SSSR count). The van der Waals surface area contributed by atoms with E-state index < -0.39 is 17.9 Å². The van der Waals surface area contributed by atoms with Gasteiger partial charge in [-0.15, -0.1) is 6.42 Å². The van der Waals surface area contributed by atoms with E-state index in [4.69, 9.17) is 20.6 Å². The molecule has 0 aliphatic carbocycles. The van der Waals surface area contributed by atoms with Gasteiger partial charge in [0.15, 0.2) is 0 Å². The molecule has 0 amide bonds. The van der Waals surface area contributed by atoms with Crippen LogP contribution in [0.15, 0.2) is 0 Å². The molecule has 206 valence electrons. The van der Waals surface area contributed by atoms with Crippen LogP contribution in [0.1, 0.15) is 0 Å². The van der Waals surface area contributed by atoms with Crippen molar-refractivity contribution in [2.75, 3.05) is 118 Å². The molecule has 1 aliphatic rings. The van der Waals surface area contributed by atoms with Crippen LogP contribution in [0.5, 0.6) is 0 Å². The van der Waals surface area contributed by atoms with E-state index in [1.807, 2.05) is 0 Å². The molecule has 0 radical (unpaired) electrons. The molecule has 1 saturated heterocycles. The van der Waals surface area contributed by atoms with Crippen molar-refractivity contribution in [2.45, 2.75) is 0 Å². The van der Waals surface area contributed by atoms with Crippen molar-refractivity contribution < 1.29 is 43.9 Å². The van der Waals surface area contributed by atoms with E-state index in [0.717, 1.165) is 0 Å². The molecule has 0 atom stereocenters. The fourth-order valence-electron chi connectivity index (χ4n) is 3.61. The zero-order valence-corrected chi connectivity index (χ0v) is 20.9. The van der Waals surface area contributed by atoms with Crippen LogP contribution in [0, 0.1) is 12.3 Å².